The van der Waals surface area contributed by atoms with Crippen LogP contribution in [0.3, 0.4) is 0 Å². The number of carbonyl (C=O) groups is 2. The van der Waals surface area contributed by atoms with Gasteiger partial charge in [0.2, 0.25) is 5.91 Å². The van der Waals surface area contributed by atoms with Crippen LogP contribution < -0.4 is 0 Å². The zero-order chi connectivity index (χ0) is 19.5. The molecule has 0 radical (unpaired) electrons. The van der Waals surface area contributed by atoms with Crippen LogP contribution in [-0.2, 0) is 20.9 Å². The molecule has 1 amide bonds. The van der Waals surface area contributed by atoms with Gasteiger partial charge in [-0.2, -0.15) is 0 Å². The van der Waals surface area contributed by atoms with E-state index in [0.717, 1.165) is 10.5 Å². The second-order valence-corrected chi connectivity index (χ2v) is 6.95. The van der Waals surface area contributed by atoms with Gasteiger partial charge in [-0.15, -0.1) is 11.8 Å². The standard InChI is InChI=1S/C20H23FN2O3S/c1-2-26-20(25)9-12-23(15-16-4-3-11-22-14-16)19(24)10-13-27-18-7-5-17(21)6-8-18/h3-8,11,14H,2,9-10,12-13,15H2,1H3. The molecule has 0 atom stereocenters. The molecule has 1 aromatic carbocycles. The Morgan fingerprint density at radius 2 is 1.96 bits per heavy atom. The summed E-state index contributed by atoms with van der Waals surface area (Å²) in [6.07, 6.45) is 3.86. The van der Waals surface area contributed by atoms with Crippen molar-refractivity contribution in [1.82, 2.24) is 9.88 Å². The SMILES string of the molecule is CCOC(=O)CCN(Cc1cccnc1)C(=O)CCSc1ccc(F)cc1. The van der Waals surface area contributed by atoms with E-state index in [1.54, 1.807) is 36.4 Å². The van der Waals surface area contributed by atoms with E-state index >= 15 is 0 Å². The van der Waals surface area contributed by atoms with E-state index in [1.807, 2.05) is 12.1 Å². The van der Waals surface area contributed by atoms with Crippen molar-refractivity contribution >= 4 is 23.6 Å². The van der Waals surface area contributed by atoms with Gasteiger partial charge in [0, 0.05) is 42.6 Å². The quantitative estimate of drug-likeness (QED) is 0.457. The summed E-state index contributed by atoms with van der Waals surface area (Å²) in [4.78, 5) is 30.9. The highest BCUT2D eigenvalue weighted by atomic mass is 32.2. The Morgan fingerprint density at radius 3 is 2.63 bits per heavy atom. The maximum absolute atomic E-state index is 12.9. The number of halogens is 1. The minimum atomic E-state index is -0.317. The summed E-state index contributed by atoms with van der Waals surface area (Å²) in [5.74, 6) is -0.0649. The van der Waals surface area contributed by atoms with Gasteiger partial charge < -0.3 is 9.64 Å². The zero-order valence-electron chi connectivity index (χ0n) is 15.3. The molecule has 2 aromatic rings. The summed E-state index contributed by atoms with van der Waals surface area (Å²) < 4.78 is 17.9. The molecule has 0 N–H and O–H groups in total. The van der Waals surface area contributed by atoms with Crippen molar-refractivity contribution in [2.45, 2.75) is 31.2 Å². The van der Waals surface area contributed by atoms with E-state index in [2.05, 4.69) is 4.98 Å². The van der Waals surface area contributed by atoms with Gasteiger partial charge in [0.1, 0.15) is 5.82 Å². The van der Waals surface area contributed by atoms with Crippen molar-refractivity contribution in [1.29, 1.82) is 0 Å². The molecule has 1 aromatic heterocycles. The van der Waals surface area contributed by atoms with Crippen LogP contribution in [0.15, 0.2) is 53.7 Å². The number of thioether (sulfide) groups is 1. The average Bonchev–Trinajstić information content (AvgIpc) is 2.67. The Morgan fingerprint density at radius 1 is 1.19 bits per heavy atom. The maximum Gasteiger partial charge on any atom is 0.307 e. The van der Waals surface area contributed by atoms with Gasteiger partial charge in [0.25, 0.3) is 0 Å². The fourth-order valence-electron chi connectivity index (χ4n) is 2.41. The molecule has 0 saturated carbocycles. The predicted molar refractivity (Wildman–Crippen MR) is 103 cm³/mol. The number of nitrogens with zero attached hydrogens (tertiary/aromatic N) is 2. The third-order valence-corrected chi connectivity index (χ3v) is 4.75. The molecule has 7 heteroatoms. The molecular weight excluding hydrogens is 367 g/mol. The minimum Gasteiger partial charge on any atom is -0.466 e. The molecular formula is C20H23FN2O3S. The molecule has 144 valence electrons. The van der Waals surface area contributed by atoms with Crippen molar-refractivity contribution in [2.24, 2.45) is 0 Å². The van der Waals surface area contributed by atoms with Crippen molar-refractivity contribution in [3.05, 3.63) is 60.2 Å². The first kappa shape index (κ1) is 20.9. The fraction of sp³-hybridized carbons (Fsp3) is 0.350. The zero-order valence-corrected chi connectivity index (χ0v) is 16.1. The lowest BCUT2D eigenvalue weighted by Crippen LogP contribution is -2.33. The number of rotatable bonds is 10. The fourth-order valence-corrected chi connectivity index (χ4v) is 3.25. The van der Waals surface area contributed by atoms with Crippen LogP contribution >= 0.6 is 11.8 Å². The summed E-state index contributed by atoms with van der Waals surface area (Å²) in [6.45, 7) is 2.77. The number of hydrogen-bond donors (Lipinski definition) is 0. The Kier molecular flexibility index (Phi) is 8.77. The summed E-state index contributed by atoms with van der Waals surface area (Å²) in [7, 11) is 0. The van der Waals surface area contributed by atoms with Gasteiger partial charge in [-0.05, 0) is 42.8 Å². The molecule has 0 unspecified atom stereocenters. The number of carbonyl (C=O) groups excluding carboxylic acids is 2. The van der Waals surface area contributed by atoms with Gasteiger partial charge in [-0.25, -0.2) is 4.39 Å². The van der Waals surface area contributed by atoms with E-state index < -0.39 is 0 Å². The third-order valence-electron chi connectivity index (χ3n) is 3.74. The van der Waals surface area contributed by atoms with E-state index in [0.29, 0.717) is 31.9 Å². The largest absolute Gasteiger partial charge is 0.466 e. The van der Waals surface area contributed by atoms with Gasteiger partial charge in [-0.1, -0.05) is 6.07 Å². The van der Waals surface area contributed by atoms with E-state index in [1.165, 1.54) is 23.9 Å². The molecule has 0 saturated heterocycles. The molecule has 27 heavy (non-hydrogen) atoms. The Labute approximate surface area is 162 Å². The lowest BCUT2D eigenvalue weighted by atomic mass is 10.2. The van der Waals surface area contributed by atoms with Gasteiger partial charge >= 0.3 is 5.97 Å². The lowest BCUT2D eigenvalue weighted by molar-refractivity contribution is -0.144. The Hall–Kier alpha value is -2.41. The van der Waals surface area contributed by atoms with Gasteiger partial charge in [0.05, 0.1) is 13.0 Å². The van der Waals surface area contributed by atoms with E-state index in [4.69, 9.17) is 4.74 Å². The summed E-state index contributed by atoms with van der Waals surface area (Å²) in [5, 5.41) is 0. The molecule has 0 spiro atoms. The van der Waals surface area contributed by atoms with Crippen LogP contribution in [-0.4, -0.2) is 40.7 Å². The molecule has 0 aliphatic rings. The molecule has 0 aliphatic carbocycles. The summed E-state index contributed by atoms with van der Waals surface area (Å²) in [5.41, 5.74) is 0.904. The predicted octanol–water partition coefficient (Wildman–Crippen LogP) is 3.68. The number of benzene rings is 1. The van der Waals surface area contributed by atoms with Crippen LogP contribution in [0.1, 0.15) is 25.3 Å². The van der Waals surface area contributed by atoms with Crippen molar-refractivity contribution in [2.75, 3.05) is 18.9 Å². The van der Waals surface area contributed by atoms with Crippen LogP contribution in [0.4, 0.5) is 4.39 Å². The van der Waals surface area contributed by atoms with E-state index in [9.17, 15) is 14.0 Å². The van der Waals surface area contributed by atoms with Crippen LogP contribution in [0.5, 0.6) is 0 Å². The van der Waals surface area contributed by atoms with Crippen LogP contribution in [0, 0.1) is 5.82 Å². The monoisotopic (exact) mass is 390 g/mol. The topological polar surface area (TPSA) is 59.5 Å². The molecule has 5 nitrogen and oxygen atoms in total. The first-order chi connectivity index (χ1) is 13.1. The number of esters is 1. The van der Waals surface area contributed by atoms with E-state index in [-0.39, 0.29) is 24.1 Å². The average molecular weight is 390 g/mol. The number of aromatic nitrogens is 1. The Bertz CT molecular complexity index is 726. The van der Waals surface area contributed by atoms with Crippen molar-refractivity contribution in [3.63, 3.8) is 0 Å². The molecule has 0 bridgehead atoms. The number of hydrogen-bond acceptors (Lipinski definition) is 5. The van der Waals surface area contributed by atoms with Crippen molar-refractivity contribution in [3.8, 4) is 0 Å². The maximum atomic E-state index is 12.9. The highest BCUT2D eigenvalue weighted by Gasteiger charge is 2.16. The molecule has 0 aliphatic heterocycles. The molecule has 1 heterocycles. The summed E-state index contributed by atoms with van der Waals surface area (Å²) in [6, 6.07) is 9.90. The molecule has 0 fully saturated rings. The highest BCUT2D eigenvalue weighted by molar-refractivity contribution is 7.99. The molecule has 2 rings (SSSR count). The number of pyridine rings is 1. The third kappa shape index (κ3) is 7.78. The Balaban J connectivity index is 1.90. The highest BCUT2D eigenvalue weighted by Crippen LogP contribution is 2.19. The first-order valence-corrected chi connectivity index (χ1v) is 9.77. The normalized spacial score (nSPS) is 10.4. The number of amides is 1. The number of ether oxygens (including phenoxy) is 1. The van der Waals surface area contributed by atoms with Gasteiger partial charge in [-0.3, -0.25) is 14.6 Å². The second kappa shape index (κ2) is 11.3. The smallest absolute Gasteiger partial charge is 0.307 e. The first-order valence-electron chi connectivity index (χ1n) is 8.79. The van der Waals surface area contributed by atoms with Crippen LogP contribution in [0.2, 0.25) is 0 Å². The van der Waals surface area contributed by atoms with Crippen LogP contribution in [0.25, 0.3) is 0 Å². The minimum absolute atomic E-state index is 0.0437. The summed E-state index contributed by atoms with van der Waals surface area (Å²) >= 11 is 1.50. The van der Waals surface area contributed by atoms with Gasteiger partial charge in [0.15, 0.2) is 0 Å². The van der Waals surface area contributed by atoms with Crippen molar-refractivity contribution < 1.29 is 18.7 Å². The lowest BCUT2D eigenvalue weighted by Gasteiger charge is -2.22. The second-order valence-electron chi connectivity index (χ2n) is 5.78.